The SMILES string of the molecule is O=C(O)CCCCCCCCc1ccc2c(n1)NCCC2. The largest absolute Gasteiger partial charge is 0.481 e. The van der Waals surface area contributed by atoms with E-state index in [1.807, 2.05) is 0 Å². The molecule has 0 atom stereocenters. The normalized spacial score (nSPS) is 13.5. The summed E-state index contributed by atoms with van der Waals surface area (Å²) in [4.78, 5) is 15.1. The molecule has 0 bridgehead atoms. The Labute approximate surface area is 127 Å². The van der Waals surface area contributed by atoms with Gasteiger partial charge in [0.25, 0.3) is 0 Å². The molecule has 0 fully saturated rings. The number of carboxylic acid groups (broad SMARTS) is 1. The van der Waals surface area contributed by atoms with Gasteiger partial charge in [-0.15, -0.1) is 0 Å². The first-order valence-electron chi connectivity index (χ1n) is 8.20. The highest BCUT2D eigenvalue weighted by Gasteiger charge is 2.09. The van der Waals surface area contributed by atoms with Gasteiger partial charge in [0.15, 0.2) is 0 Å². The number of pyridine rings is 1. The molecular weight excluding hydrogens is 264 g/mol. The highest BCUT2D eigenvalue weighted by atomic mass is 16.4. The van der Waals surface area contributed by atoms with E-state index in [1.54, 1.807) is 0 Å². The fourth-order valence-corrected chi connectivity index (χ4v) is 2.80. The van der Waals surface area contributed by atoms with E-state index in [0.717, 1.165) is 44.5 Å². The van der Waals surface area contributed by atoms with Crippen LogP contribution < -0.4 is 5.32 Å². The van der Waals surface area contributed by atoms with Crippen molar-refractivity contribution in [2.45, 2.75) is 64.2 Å². The molecule has 4 nitrogen and oxygen atoms in total. The third-order valence-electron chi connectivity index (χ3n) is 4.03. The van der Waals surface area contributed by atoms with E-state index in [4.69, 9.17) is 10.1 Å². The minimum atomic E-state index is -0.679. The highest BCUT2D eigenvalue weighted by Crippen LogP contribution is 2.20. The zero-order valence-electron chi connectivity index (χ0n) is 12.7. The van der Waals surface area contributed by atoms with E-state index < -0.39 is 5.97 Å². The van der Waals surface area contributed by atoms with Crippen LogP contribution in [0, 0.1) is 0 Å². The number of hydrogen-bond acceptors (Lipinski definition) is 3. The summed E-state index contributed by atoms with van der Waals surface area (Å²) >= 11 is 0. The molecule has 1 aromatic heterocycles. The molecule has 2 rings (SSSR count). The number of aromatic nitrogens is 1. The van der Waals surface area contributed by atoms with Crippen molar-refractivity contribution in [2.24, 2.45) is 0 Å². The van der Waals surface area contributed by atoms with Crippen molar-refractivity contribution >= 4 is 11.8 Å². The Hall–Kier alpha value is -1.58. The van der Waals surface area contributed by atoms with Gasteiger partial charge in [-0.2, -0.15) is 0 Å². The number of nitrogens with zero attached hydrogens (tertiary/aromatic N) is 1. The fraction of sp³-hybridized carbons (Fsp3) is 0.647. The molecule has 0 aliphatic carbocycles. The summed E-state index contributed by atoms with van der Waals surface area (Å²) in [6.07, 6.45) is 10.3. The van der Waals surface area contributed by atoms with Crippen molar-refractivity contribution in [3.8, 4) is 0 Å². The van der Waals surface area contributed by atoms with Crippen LogP contribution in [-0.2, 0) is 17.6 Å². The predicted octanol–water partition coefficient (Wildman–Crippen LogP) is 3.80. The van der Waals surface area contributed by atoms with Gasteiger partial charge >= 0.3 is 5.97 Å². The second-order valence-electron chi connectivity index (χ2n) is 5.86. The Morgan fingerprint density at radius 3 is 2.71 bits per heavy atom. The standard InChI is InChI=1S/C17H26N2O2/c20-16(21)10-6-4-2-1-3-5-9-15-12-11-14-8-7-13-18-17(14)19-15/h11-12H,1-10,13H2,(H,18,19)(H,20,21). The van der Waals surface area contributed by atoms with Crippen LogP contribution in [-0.4, -0.2) is 22.6 Å². The first-order valence-corrected chi connectivity index (χ1v) is 8.20. The van der Waals surface area contributed by atoms with Gasteiger partial charge in [0.1, 0.15) is 5.82 Å². The molecule has 0 saturated heterocycles. The van der Waals surface area contributed by atoms with Crippen LogP contribution in [0.4, 0.5) is 5.82 Å². The third kappa shape index (κ3) is 5.74. The van der Waals surface area contributed by atoms with Gasteiger partial charge in [-0.1, -0.05) is 31.7 Å². The average Bonchev–Trinajstić information content (AvgIpc) is 2.49. The van der Waals surface area contributed by atoms with E-state index >= 15 is 0 Å². The van der Waals surface area contributed by atoms with Gasteiger partial charge < -0.3 is 10.4 Å². The Balaban J connectivity index is 1.57. The molecule has 1 aliphatic rings. The van der Waals surface area contributed by atoms with Crippen LogP contribution in [0.25, 0.3) is 0 Å². The van der Waals surface area contributed by atoms with Crippen LogP contribution in [0.15, 0.2) is 12.1 Å². The van der Waals surface area contributed by atoms with Gasteiger partial charge in [0.05, 0.1) is 0 Å². The summed E-state index contributed by atoms with van der Waals surface area (Å²) < 4.78 is 0. The second-order valence-corrected chi connectivity index (χ2v) is 5.86. The summed E-state index contributed by atoms with van der Waals surface area (Å²) in [5.41, 5.74) is 2.54. The monoisotopic (exact) mass is 290 g/mol. The van der Waals surface area contributed by atoms with Crippen molar-refractivity contribution in [1.29, 1.82) is 0 Å². The van der Waals surface area contributed by atoms with Gasteiger partial charge in [0, 0.05) is 18.7 Å². The highest BCUT2D eigenvalue weighted by molar-refractivity contribution is 5.66. The van der Waals surface area contributed by atoms with E-state index in [9.17, 15) is 4.79 Å². The smallest absolute Gasteiger partial charge is 0.303 e. The summed E-state index contributed by atoms with van der Waals surface area (Å²) in [5, 5.41) is 11.9. The number of fused-ring (bicyclic) bond motifs is 1. The van der Waals surface area contributed by atoms with Crippen LogP contribution in [0.2, 0.25) is 0 Å². The first-order chi connectivity index (χ1) is 10.3. The van der Waals surface area contributed by atoms with Crippen LogP contribution in [0.5, 0.6) is 0 Å². The van der Waals surface area contributed by atoms with E-state index in [-0.39, 0.29) is 0 Å². The van der Waals surface area contributed by atoms with Gasteiger partial charge in [-0.25, -0.2) is 4.98 Å². The summed E-state index contributed by atoms with van der Waals surface area (Å²) in [5.74, 6) is 0.412. The molecule has 1 aromatic rings. The predicted molar refractivity (Wildman–Crippen MR) is 84.7 cm³/mol. The van der Waals surface area contributed by atoms with Crippen molar-refractivity contribution in [3.05, 3.63) is 23.4 Å². The fourth-order valence-electron chi connectivity index (χ4n) is 2.80. The lowest BCUT2D eigenvalue weighted by Gasteiger charge is -2.17. The molecule has 116 valence electrons. The van der Waals surface area contributed by atoms with Gasteiger partial charge in [-0.05, 0) is 43.7 Å². The molecule has 2 N–H and O–H groups in total. The lowest BCUT2D eigenvalue weighted by molar-refractivity contribution is -0.137. The summed E-state index contributed by atoms with van der Waals surface area (Å²) in [6.45, 7) is 1.04. The van der Waals surface area contributed by atoms with Gasteiger partial charge in [-0.3, -0.25) is 4.79 Å². The Morgan fingerprint density at radius 1 is 1.14 bits per heavy atom. The maximum absolute atomic E-state index is 10.4. The molecule has 1 aliphatic heterocycles. The number of anilines is 1. The number of carboxylic acids is 1. The second kappa shape index (κ2) is 8.65. The molecule has 2 heterocycles. The lowest BCUT2D eigenvalue weighted by atomic mass is 10.0. The first kappa shape index (κ1) is 15.8. The minimum Gasteiger partial charge on any atom is -0.481 e. The Morgan fingerprint density at radius 2 is 1.90 bits per heavy atom. The Bertz CT molecular complexity index is 460. The molecule has 21 heavy (non-hydrogen) atoms. The topological polar surface area (TPSA) is 62.2 Å². The molecule has 0 radical (unpaired) electrons. The zero-order valence-corrected chi connectivity index (χ0v) is 12.7. The maximum Gasteiger partial charge on any atom is 0.303 e. The average molecular weight is 290 g/mol. The number of hydrogen-bond donors (Lipinski definition) is 2. The number of rotatable bonds is 9. The van der Waals surface area contributed by atoms with Crippen molar-refractivity contribution in [1.82, 2.24) is 4.98 Å². The van der Waals surface area contributed by atoms with E-state index in [2.05, 4.69) is 17.4 Å². The molecule has 0 aromatic carbocycles. The van der Waals surface area contributed by atoms with Crippen LogP contribution in [0.1, 0.15) is 62.6 Å². The van der Waals surface area contributed by atoms with Gasteiger partial charge in [0.2, 0.25) is 0 Å². The molecule has 0 unspecified atom stereocenters. The molecule has 4 heteroatoms. The Kier molecular flexibility index (Phi) is 6.51. The lowest BCUT2D eigenvalue weighted by Crippen LogP contribution is -2.13. The maximum atomic E-state index is 10.4. The summed E-state index contributed by atoms with van der Waals surface area (Å²) in [6, 6.07) is 4.38. The van der Waals surface area contributed by atoms with Crippen molar-refractivity contribution in [3.63, 3.8) is 0 Å². The quantitative estimate of drug-likeness (QED) is 0.679. The number of aliphatic carboxylic acids is 1. The number of nitrogens with one attached hydrogen (secondary N) is 1. The molecule has 0 amide bonds. The van der Waals surface area contributed by atoms with Crippen LogP contribution >= 0.6 is 0 Å². The zero-order chi connectivity index (χ0) is 14.9. The minimum absolute atomic E-state index is 0.312. The van der Waals surface area contributed by atoms with Crippen LogP contribution in [0.3, 0.4) is 0 Å². The summed E-state index contributed by atoms with van der Waals surface area (Å²) in [7, 11) is 0. The molecular formula is C17H26N2O2. The number of aryl methyl sites for hydroxylation is 2. The third-order valence-corrected chi connectivity index (χ3v) is 4.03. The van der Waals surface area contributed by atoms with E-state index in [0.29, 0.717) is 6.42 Å². The number of unbranched alkanes of at least 4 members (excludes halogenated alkanes) is 5. The van der Waals surface area contributed by atoms with E-state index in [1.165, 1.54) is 36.9 Å². The number of carbonyl (C=O) groups is 1. The molecule has 0 saturated carbocycles. The van der Waals surface area contributed by atoms with Crippen molar-refractivity contribution < 1.29 is 9.90 Å². The molecule has 0 spiro atoms. The van der Waals surface area contributed by atoms with Crippen molar-refractivity contribution in [2.75, 3.05) is 11.9 Å².